The highest BCUT2D eigenvalue weighted by atomic mass is 32.1. The van der Waals surface area contributed by atoms with Crippen molar-refractivity contribution in [3.8, 4) is 11.5 Å². The summed E-state index contributed by atoms with van der Waals surface area (Å²) in [4.78, 5) is 3.75. The van der Waals surface area contributed by atoms with Crippen LogP contribution in [0.5, 0.6) is 11.5 Å². The lowest BCUT2D eigenvalue weighted by Gasteiger charge is -2.26. The molecule has 1 aromatic heterocycles. The Labute approximate surface area is 159 Å². The fourth-order valence-electron chi connectivity index (χ4n) is 3.46. The molecule has 26 heavy (non-hydrogen) atoms. The standard InChI is InChI=1S/C21H27NO3S/c1-3-6-16-9-10-19(20(13-16)24-2)25-15-17(23)14-22-11-4-7-18(22)21-8-5-12-26-21/h3,5-6,8-10,12-13,17-18,23H,4,7,11,14-15H2,1-2H3/b6-3+. The zero-order valence-electron chi connectivity index (χ0n) is 15.4. The third-order valence-electron chi connectivity index (χ3n) is 4.66. The smallest absolute Gasteiger partial charge is 0.161 e. The molecular weight excluding hydrogens is 346 g/mol. The summed E-state index contributed by atoms with van der Waals surface area (Å²) in [7, 11) is 1.63. The van der Waals surface area contributed by atoms with E-state index in [1.807, 2.05) is 37.3 Å². The molecule has 3 rings (SSSR count). The molecule has 0 saturated carbocycles. The van der Waals surface area contributed by atoms with Crippen molar-refractivity contribution in [1.82, 2.24) is 4.90 Å². The summed E-state index contributed by atoms with van der Waals surface area (Å²) in [6.07, 6.45) is 5.80. The number of methoxy groups -OCH3 is 1. The van der Waals surface area contributed by atoms with Gasteiger partial charge in [0.2, 0.25) is 0 Å². The number of aliphatic hydroxyl groups excluding tert-OH is 1. The van der Waals surface area contributed by atoms with Gasteiger partial charge in [0.25, 0.3) is 0 Å². The van der Waals surface area contributed by atoms with E-state index in [9.17, 15) is 5.11 Å². The molecule has 1 aromatic carbocycles. The lowest BCUT2D eigenvalue weighted by atomic mass is 10.2. The Balaban J connectivity index is 1.56. The molecule has 2 atom stereocenters. The predicted molar refractivity (Wildman–Crippen MR) is 107 cm³/mol. The summed E-state index contributed by atoms with van der Waals surface area (Å²) < 4.78 is 11.3. The van der Waals surface area contributed by atoms with Crippen LogP contribution in [0.4, 0.5) is 0 Å². The zero-order chi connectivity index (χ0) is 18.4. The number of thiophene rings is 1. The normalized spacial score (nSPS) is 19.1. The van der Waals surface area contributed by atoms with Crippen molar-refractivity contribution in [3.05, 3.63) is 52.2 Å². The van der Waals surface area contributed by atoms with Crippen LogP contribution >= 0.6 is 11.3 Å². The number of β-amino-alcohol motifs (C(OH)–C–C–N with tert-alkyl or cyclic N) is 1. The molecule has 1 aliphatic rings. The predicted octanol–water partition coefficient (Wildman–Crippen LogP) is 4.37. The maximum atomic E-state index is 10.5. The molecule has 2 unspecified atom stereocenters. The SMILES string of the molecule is C/C=C/c1ccc(OCC(O)CN2CCCC2c2cccs2)c(OC)c1. The van der Waals surface area contributed by atoms with E-state index in [-0.39, 0.29) is 6.61 Å². The van der Waals surface area contributed by atoms with Gasteiger partial charge in [-0.15, -0.1) is 11.3 Å². The van der Waals surface area contributed by atoms with Gasteiger partial charge in [-0.3, -0.25) is 4.90 Å². The first-order valence-electron chi connectivity index (χ1n) is 9.10. The van der Waals surface area contributed by atoms with Crippen LogP contribution in [0.1, 0.15) is 36.2 Å². The number of rotatable bonds is 8. The highest BCUT2D eigenvalue weighted by molar-refractivity contribution is 7.10. The summed E-state index contributed by atoms with van der Waals surface area (Å²) in [5, 5.41) is 12.6. The van der Waals surface area contributed by atoms with Crippen LogP contribution in [0.3, 0.4) is 0 Å². The number of ether oxygens (including phenoxy) is 2. The molecule has 0 amide bonds. The topological polar surface area (TPSA) is 41.9 Å². The summed E-state index contributed by atoms with van der Waals surface area (Å²) in [6, 6.07) is 10.5. The fraction of sp³-hybridized carbons (Fsp3) is 0.429. The average molecular weight is 374 g/mol. The van der Waals surface area contributed by atoms with Crippen LogP contribution in [0, 0.1) is 0 Å². The third kappa shape index (κ3) is 4.67. The molecule has 5 heteroatoms. The lowest BCUT2D eigenvalue weighted by molar-refractivity contribution is 0.0633. The first-order valence-corrected chi connectivity index (χ1v) is 9.98. The molecule has 1 fully saturated rings. The van der Waals surface area contributed by atoms with E-state index >= 15 is 0 Å². The van der Waals surface area contributed by atoms with Crippen LogP contribution in [0.25, 0.3) is 6.08 Å². The number of allylic oxidation sites excluding steroid dienone is 1. The van der Waals surface area contributed by atoms with Crippen molar-refractivity contribution in [2.75, 3.05) is 26.8 Å². The van der Waals surface area contributed by atoms with Crippen molar-refractivity contribution in [1.29, 1.82) is 0 Å². The van der Waals surface area contributed by atoms with Crippen molar-refractivity contribution < 1.29 is 14.6 Å². The van der Waals surface area contributed by atoms with Gasteiger partial charge in [-0.1, -0.05) is 24.3 Å². The maximum Gasteiger partial charge on any atom is 0.161 e. The van der Waals surface area contributed by atoms with E-state index in [4.69, 9.17) is 9.47 Å². The maximum absolute atomic E-state index is 10.5. The monoisotopic (exact) mass is 373 g/mol. The number of nitrogens with zero attached hydrogens (tertiary/aromatic N) is 1. The van der Waals surface area contributed by atoms with Gasteiger partial charge in [-0.05, 0) is 55.5 Å². The van der Waals surface area contributed by atoms with Gasteiger partial charge in [0.05, 0.1) is 7.11 Å². The van der Waals surface area contributed by atoms with E-state index in [0.29, 0.717) is 24.1 Å². The molecule has 0 bridgehead atoms. The quantitative estimate of drug-likeness (QED) is 0.746. The molecule has 1 N–H and O–H groups in total. The molecular formula is C21H27NO3S. The highest BCUT2D eigenvalue weighted by Crippen LogP contribution is 2.34. The summed E-state index contributed by atoms with van der Waals surface area (Å²) >= 11 is 1.79. The Morgan fingerprint density at radius 1 is 1.35 bits per heavy atom. The first-order chi connectivity index (χ1) is 12.7. The largest absolute Gasteiger partial charge is 0.493 e. The third-order valence-corrected chi connectivity index (χ3v) is 5.63. The van der Waals surface area contributed by atoms with Gasteiger partial charge in [0, 0.05) is 17.5 Å². The molecule has 2 aromatic rings. The van der Waals surface area contributed by atoms with Gasteiger partial charge in [-0.25, -0.2) is 0 Å². The molecule has 0 radical (unpaired) electrons. The van der Waals surface area contributed by atoms with Crippen molar-refractivity contribution >= 4 is 17.4 Å². The molecule has 1 saturated heterocycles. The highest BCUT2D eigenvalue weighted by Gasteiger charge is 2.28. The summed E-state index contributed by atoms with van der Waals surface area (Å²) in [5.41, 5.74) is 1.06. The van der Waals surface area contributed by atoms with Gasteiger partial charge in [0.15, 0.2) is 11.5 Å². The minimum Gasteiger partial charge on any atom is -0.493 e. The van der Waals surface area contributed by atoms with Crippen molar-refractivity contribution in [2.45, 2.75) is 31.9 Å². The minimum absolute atomic E-state index is 0.257. The van der Waals surface area contributed by atoms with Gasteiger partial charge >= 0.3 is 0 Å². The van der Waals surface area contributed by atoms with Crippen LogP contribution in [0.2, 0.25) is 0 Å². The van der Waals surface area contributed by atoms with E-state index in [1.54, 1.807) is 18.4 Å². The van der Waals surface area contributed by atoms with Crippen LogP contribution in [-0.4, -0.2) is 42.9 Å². The van der Waals surface area contributed by atoms with Crippen LogP contribution < -0.4 is 9.47 Å². The van der Waals surface area contributed by atoms with E-state index in [0.717, 1.165) is 18.5 Å². The molecule has 0 aliphatic carbocycles. The first kappa shape index (κ1) is 19.0. The van der Waals surface area contributed by atoms with Gasteiger partial charge in [0.1, 0.15) is 12.7 Å². The number of benzene rings is 1. The second-order valence-electron chi connectivity index (χ2n) is 6.54. The molecule has 0 spiro atoms. The zero-order valence-corrected chi connectivity index (χ0v) is 16.2. The Hall–Kier alpha value is -1.82. The second-order valence-corrected chi connectivity index (χ2v) is 7.52. The lowest BCUT2D eigenvalue weighted by Crippen LogP contribution is -2.35. The van der Waals surface area contributed by atoms with Crippen molar-refractivity contribution in [2.24, 2.45) is 0 Å². The number of aliphatic hydroxyl groups is 1. The molecule has 140 valence electrons. The number of hydrogen-bond donors (Lipinski definition) is 1. The second kappa shape index (κ2) is 9.21. The number of hydrogen-bond acceptors (Lipinski definition) is 5. The summed E-state index contributed by atoms with van der Waals surface area (Å²) in [5.74, 6) is 1.35. The summed E-state index contributed by atoms with van der Waals surface area (Å²) in [6.45, 7) is 3.89. The Kier molecular flexibility index (Phi) is 6.72. The Morgan fingerprint density at radius 2 is 2.23 bits per heavy atom. The Bertz CT molecular complexity index is 714. The van der Waals surface area contributed by atoms with Gasteiger partial charge in [-0.2, -0.15) is 0 Å². The number of likely N-dealkylation sites (tertiary alicyclic amines) is 1. The van der Waals surface area contributed by atoms with E-state index in [1.165, 1.54) is 11.3 Å². The average Bonchev–Trinajstić information content (AvgIpc) is 3.32. The van der Waals surface area contributed by atoms with E-state index in [2.05, 4.69) is 22.4 Å². The minimum atomic E-state index is -0.532. The molecule has 1 aliphatic heterocycles. The molecule has 4 nitrogen and oxygen atoms in total. The van der Waals surface area contributed by atoms with Gasteiger partial charge < -0.3 is 14.6 Å². The Morgan fingerprint density at radius 3 is 2.96 bits per heavy atom. The van der Waals surface area contributed by atoms with Crippen LogP contribution in [0.15, 0.2) is 41.8 Å². The fourth-order valence-corrected chi connectivity index (χ4v) is 4.35. The molecule has 2 heterocycles. The van der Waals surface area contributed by atoms with Crippen molar-refractivity contribution in [3.63, 3.8) is 0 Å². The van der Waals surface area contributed by atoms with E-state index < -0.39 is 6.10 Å². The van der Waals surface area contributed by atoms with Crippen LogP contribution in [-0.2, 0) is 0 Å².